The minimum atomic E-state index is 0.0861. The third-order valence-corrected chi connectivity index (χ3v) is 5.98. The molecule has 3 fully saturated rings. The second kappa shape index (κ2) is 6.20. The number of piperidine rings is 1. The van der Waals surface area contributed by atoms with Gasteiger partial charge in [-0.25, -0.2) is 0 Å². The molecule has 2 unspecified atom stereocenters. The highest BCUT2D eigenvalue weighted by Gasteiger charge is 2.46. The molecule has 0 spiro atoms. The van der Waals surface area contributed by atoms with E-state index < -0.39 is 0 Å². The van der Waals surface area contributed by atoms with Crippen molar-refractivity contribution in [1.82, 2.24) is 15.1 Å². The van der Waals surface area contributed by atoms with Gasteiger partial charge >= 0.3 is 0 Å². The molecule has 4 rings (SSSR count). The lowest BCUT2D eigenvalue weighted by molar-refractivity contribution is -0.142. The number of rotatable bonds is 3. The number of hydrogen-bond donors (Lipinski definition) is 1. The first-order chi connectivity index (χ1) is 11.6. The fraction of sp³-hybridized carbons (Fsp3) is 0.579. The van der Waals surface area contributed by atoms with Gasteiger partial charge in [0.15, 0.2) is 0 Å². The molecular formula is C19H25N3O2. The molecule has 2 amide bonds. The molecule has 1 aromatic carbocycles. The normalized spacial score (nSPS) is 29.2. The molecule has 0 aliphatic carbocycles. The zero-order chi connectivity index (χ0) is 16.7. The highest BCUT2D eigenvalue weighted by Crippen LogP contribution is 2.38. The number of nitrogens with one attached hydrogen (secondary N) is 1. The van der Waals surface area contributed by atoms with E-state index in [9.17, 15) is 9.59 Å². The summed E-state index contributed by atoms with van der Waals surface area (Å²) in [6.45, 7) is 1.65. The second-order valence-corrected chi connectivity index (χ2v) is 7.39. The van der Waals surface area contributed by atoms with E-state index in [1.165, 1.54) is 0 Å². The molecule has 0 aromatic heterocycles. The van der Waals surface area contributed by atoms with Gasteiger partial charge in [-0.05, 0) is 37.8 Å². The number of benzene rings is 1. The maximum absolute atomic E-state index is 12.7. The lowest BCUT2D eigenvalue weighted by Crippen LogP contribution is -2.58. The van der Waals surface area contributed by atoms with Crippen molar-refractivity contribution < 1.29 is 9.59 Å². The Labute approximate surface area is 143 Å². The molecule has 1 aromatic rings. The SMILES string of the molecule is CN(C(=O)c1ccccc1)C1CC2CCC(C1)N2C(=O)C1CNC1. The summed E-state index contributed by atoms with van der Waals surface area (Å²) < 4.78 is 0. The lowest BCUT2D eigenvalue weighted by atomic mass is 9.92. The van der Waals surface area contributed by atoms with E-state index in [1.54, 1.807) is 0 Å². The number of carbonyl (C=O) groups excluding carboxylic acids is 2. The minimum Gasteiger partial charge on any atom is -0.339 e. The van der Waals surface area contributed by atoms with Gasteiger partial charge in [-0.1, -0.05) is 18.2 Å². The smallest absolute Gasteiger partial charge is 0.253 e. The molecule has 2 atom stereocenters. The summed E-state index contributed by atoms with van der Waals surface area (Å²) in [7, 11) is 1.91. The van der Waals surface area contributed by atoms with Crippen LogP contribution in [0.2, 0.25) is 0 Å². The van der Waals surface area contributed by atoms with Crippen LogP contribution in [0.4, 0.5) is 0 Å². The van der Waals surface area contributed by atoms with Gasteiger partial charge < -0.3 is 15.1 Å². The van der Waals surface area contributed by atoms with Gasteiger partial charge in [0.25, 0.3) is 5.91 Å². The van der Waals surface area contributed by atoms with E-state index in [0.29, 0.717) is 18.0 Å². The number of hydrogen-bond acceptors (Lipinski definition) is 3. The van der Waals surface area contributed by atoms with Crippen LogP contribution in [0.15, 0.2) is 30.3 Å². The molecule has 3 saturated heterocycles. The fourth-order valence-corrected chi connectivity index (χ4v) is 4.45. The van der Waals surface area contributed by atoms with Gasteiger partial charge in [0.05, 0.1) is 5.92 Å². The summed E-state index contributed by atoms with van der Waals surface area (Å²) in [5.41, 5.74) is 0.742. The van der Waals surface area contributed by atoms with Crippen molar-refractivity contribution in [2.24, 2.45) is 5.92 Å². The molecule has 0 saturated carbocycles. The van der Waals surface area contributed by atoms with E-state index in [0.717, 1.165) is 44.3 Å². The Hall–Kier alpha value is -1.88. The Balaban J connectivity index is 1.44. The summed E-state index contributed by atoms with van der Waals surface area (Å²) in [5.74, 6) is 0.591. The molecule has 2 bridgehead atoms. The molecule has 1 N–H and O–H groups in total. The average molecular weight is 327 g/mol. The number of carbonyl (C=O) groups is 2. The van der Waals surface area contributed by atoms with E-state index >= 15 is 0 Å². The largest absolute Gasteiger partial charge is 0.339 e. The van der Waals surface area contributed by atoms with Crippen molar-refractivity contribution in [3.8, 4) is 0 Å². The van der Waals surface area contributed by atoms with Crippen LogP contribution >= 0.6 is 0 Å². The quantitative estimate of drug-likeness (QED) is 0.915. The molecule has 3 aliphatic heterocycles. The summed E-state index contributed by atoms with van der Waals surface area (Å²) >= 11 is 0. The van der Waals surface area contributed by atoms with Crippen molar-refractivity contribution in [2.75, 3.05) is 20.1 Å². The third kappa shape index (κ3) is 2.61. The average Bonchev–Trinajstić information content (AvgIpc) is 2.82. The number of amides is 2. The van der Waals surface area contributed by atoms with Gasteiger partial charge in [-0.15, -0.1) is 0 Å². The van der Waals surface area contributed by atoms with Crippen LogP contribution in [0, 0.1) is 5.92 Å². The second-order valence-electron chi connectivity index (χ2n) is 7.39. The highest BCUT2D eigenvalue weighted by molar-refractivity contribution is 5.94. The Kier molecular flexibility index (Phi) is 4.04. The molecule has 128 valence electrons. The lowest BCUT2D eigenvalue weighted by Gasteiger charge is -2.44. The Bertz CT molecular complexity index is 615. The Morgan fingerprint density at radius 3 is 2.25 bits per heavy atom. The molecular weight excluding hydrogens is 302 g/mol. The molecule has 5 nitrogen and oxygen atoms in total. The Morgan fingerprint density at radius 2 is 1.71 bits per heavy atom. The maximum Gasteiger partial charge on any atom is 0.253 e. The fourth-order valence-electron chi connectivity index (χ4n) is 4.45. The van der Waals surface area contributed by atoms with Crippen LogP contribution in [0.3, 0.4) is 0 Å². The van der Waals surface area contributed by atoms with E-state index in [-0.39, 0.29) is 17.9 Å². The van der Waals surface area contributed by atoms with E-state index in [1.807, 2.05) is 42.3 Å². The van der Waals surface area contributed by atoms with Gasteiger partial charge in [0.1, 0.15) is 0 Å². The molecule has 3 aliphatic rings. The molecule has 5 heteroatoms. The highest BCUT2D eigenvalue weighted by atomic mass is 16.2. The Morgan fingerprint density at radius 1 is 1.08 bits per heavy atom. The van der Waals surface area contributed by atoms with Gasteiger partial charge in [0.2, 0.25) is 5.91 Å². The first-order valence-electron chi connectivity index (χ1n) is 9.00. The zero-order valence-corrected chi connectivity index (χ0v) is 14.1. The van der Waals surface area contributed by atoms with Crippen LogP contribution in [-0.2, 0) is 4.79 Å². The summed E-state index contributed by atoms with van der Waals surface area (Å²) in [4.78, 5) is 29.4. The van der Waals surface area contributed by atoms with Crippen molar-refractivity contribution in [2.45, 2.75) is 43.8 Å². The first-order valence-corrected chi connectivity index (χ1v) is 9.00. The minimum absolute atomic E-state index is 0.0861. The van der Waals surface area contributed by atoms with Crippen LogP contribution < -0.4 is 5.32 Å². The molecule has 24 heavy (non-hydrogen) atoms. The first kappa shape index (κ1) is 15.6. The predicted octanol–water partition coefficient (Wildman–Crippen LogP) is 1.50. The summed E-state index contributed by atoms with van der Waals surface area (Å²) in [6.07, 6.45) is 4.00. The van der Waals surface area contributed by atoms with Gasteiger partial charge in [-0.2, -0.15) is 0 Å². The maximum atomic E-state index is 12.7. The molecule has 0 radical (unpaired) electrons. The molecule has 3 heterocycles. The third-order valence-electron chi connectivity index (χ3n) is 5.98. The topological polar surface area (TPSA) is 52.7 Å². The summed E-state index contributed by atoms with van der Waals surface area (Å²) in [6, 6.07) is 10.3. The van der Waals surface area contributed by atoms with Gasteiger partial charge in [-0.3, -0.25) is 9.59 Å². The van der Waals surface area contributed by atoms with Crippen molar-refractivity contribution in [1.29, 1.82) is 0 Å². The van der Waals surface area contributed by atoms with Crippen molar-refractivity contribution >= 4 is 11.8 Å². The van der Waals surface area contributed by atoms with Crippen molar-refractivity contribution in [3.63, 3.8) is 0 Å². The van der Waals surface area contributed by atoms with Crippen LogP contribution in [-0.4, -0.2) is 59.9 Å². The van der Waals surface area contributed by atoms with Gasteiger partial charge in [0, 0.05) is 43.8 Å². The number of fused-ring (bicyclic) bond motifs is 2. The standard InChI is InChI=1S/C19H25N3O2/c1-21(18(23)13-5-3-2-4-6-13)17-9-15-7-8-16(10-17)22(15)19(24)14-11-20-12-14/h2-6,14-17,20H,7-12H2,1H3. The number of nitrogens with zero attached hydrogens (tertiary/aromatic N) is 2. The van der Waals surface area contributed by atoms with Crippen LogP contribution in [0.1, 0.15) is 36.0 Å². The predicted molar refractivity (Wildman–Crippen MR) is 91.6 cm³/mol. The van der Waals surface area contributed by atoms with Crippen LogP contribution in [0.25, 0.3) is 0 Å². The van der Waals surface area contributed by atoms with E-state index in [2.05, 4.69) is 10.2 Å². The zero-order valence-electron chi connectivity index (χ0n) is 14.1. The van der Waals surface area contributed by atoms with E-state index in [4.69, 9.17) is 0 Å². The summed E-state index contributed by atoms with van der Waals surface area (Å²) in [5, 5.41) is 3.19. The monoisotopic (exact) mass is 327 g/mol. The van der Waals surface area contributed by atoms with Crippen molar-refractivity contribution in [3.05, 3.63) is 35.9 Å². The van der Waals surface area contributed by atoms with Crippen LogP contribution in [0.5, 0.6) is 0 Å².